The Morgan fingerprint density at radius 3 is 2.41 bits per heavy atom. The van der Waals surface area contributed by atoms with Crippen molar-refractivity contribution < 1.29 is 14.3 Å². The summed E-state index contributed by atoms with van der Waals surface area (Å²) in [6.07, 6.45) is 3.73. The largest absolute Gasteiger partial charge is 0.494 e. The lowest BCUT2D eigenvalue weighted by atomic mass is 10.1. The number of carbonyl (C=O) groups excluding carboxylic acids is 1. The standard InChI is InChI=1S/C17H25NO3.ClH/c1-3-20-16-9-7-15(8-10-16)17(19)21-14(2)13-18-11-5-4-6-12-18;/h7-10,14H,3-6,11-13H2,1-2H3;1H. The molecule has 0 aromatic heterocycles. The minimum absolute atomic E-state index is 0. The summed E-state index contributed by atoms with van der Waals surface area (Å²) in [5, 5.41) is 0. The Morgan fingerprint density at radius 1 is 1.18 bits per heavy atom. The molecule has 0 radical (unpaired) electrons. The number of hydrogen-bond acceptors (Lipinski definition) is 4. The summed E-state index contributed by atoms with van der Waals surface area (Å²) in [5.41, 5.74) is 0.573. The van der Waals surface area contributed by atoms with Crippen LogP contribution in [0.3, 0.4) is 0 Å². The number of ether oxygens (including phenoxy) is 2. The number of benzene rings is 1. The zero-order chi connectivity index (χ0) is 15.1. The van der Waals surface area contributed by atoms with Gasteiger partial charge in [0.25, 0.3) is 0 Å². The first-order chi connectivity index (χ1) is 10.2. The fraction of sp³-hybridized carbons (Fsp3) is 0.588. The van der Waals surface area contributed by atoms with Gasteiger partial charge in [0.1, 0.15) is 11.9 Å². The molecule has 1 heterocycles. The number of carbonyl (C=O) groups is 1. The predicted octanol–water partition coefficient (Wildman–Crippen LogP) is 3.54. The summed E-state index contributed by atoms with van der Waals surface area (Å²) >= 11 is 0. The highest BCUT2D eigenvalue weighted by Crippen LogP contribution is 2.14. The van der Waals surface area contributed by atoms with Gasteiger partial charge >= 0.3 is 5.97 Å². The summed E-state index contributed by atoms with van der Waals surface area (Å²) in [7, 11) is 0. The highest BCUT2D eigenvalue weighted by atomic mass is 35.5. The zero-order valence-electron chi connectivity index (χ0n) is 13.4. The van der Waals surface area contributed by atoms with Gasteiger partial charge in [-0.2, -0.15) is 0 Å². The molecule has 22 heavy (non-hydrogen) atoms. The Labute approximate surface area is 139 Å². The maximum atomic E-state index is 12.1. The van der Waals surface area contributed by atoms with E-state index in [9.17, 15) is 4.79 Å². The minimum atomic E-state index is -0.262. The van der Waals surface area contributed by atoms with Gasteiger partial charge in [0.05, 0.1) is 12.2 Å². The molecular weight excluding hydrogens is 302 g/mol. The van der Waals surface area contributed by atoms with Gasteiger partial charge in [0, 0.05) is 6.54 Å². The Morgan fingerprint density at radius 2 is 1.82 bits per heavy atom. The second kappa shape index (κ2) is 9.70. The predicted molar refractivity (Wildman–Crippen MR) is 90.0 cm³/mol. The van der Waals surface area contributed by atoms with Crippen molar-refractivity contribution in [1.82, 2.24) is 4.90 Å². The normalized spacial score (nSPS) is 16.5. The highest BCUT2D eigenvalue weighted by Gasteiger charge is 2.17. The first-order valence-electron chi connectivity index (χ1n) is 7.85. The molecule has 1 aliphatic rings. The van der Waals surface area contributed by atoms with Crippen LogP contribution in [0.1, 0.15) is 43.5 Å². The number of rotatable bonds is 6. The Bertz CT molecular complexity index is 444. The van der Waals surface area contributed by atoms with Crippen LogP contribution in [-0.4, -0.2) is 43.2 Å². The van der Waals surface area contributed by atoms with E-state index in [0.717, 1.165) is 25.4 Å². The average Bonchev–Trinajstić information content (AvgIpc) is 2.49. The number of hydrogen-bond donors (Lipinski definition) is 0. The van der Waals surface area contributed by atoms with Gasteiger partial charge < -0.3 is 9.47 Å². The molecule has 1 fully saturated rings. The highest BCUT2D eigenvalue weighted by molar-refractivity contribution is 5.89. The third-order valence-electron chi connectivity index (χ3n) is 3.67. The molecule has 1 atom stereocenters. The van der Waals surface area contributed by atoms with E-state index in [-0.39, 0.29) is 24.5 Å². The third kappa shape index (κ3) is 5.85. The quantitative estimate of drug-likeness (QED) is 0.749. The summed E-state index contributed by atoms with van der Waals surface area (Å²) in [6, 6.07) is 7.10. The lowest BCUT2D eigenvalue weighted by Gasteiger charge is -2.28. The van der Waals surface area contributed by atoms with E-state index in [1.807, 2.05) is 13.8 Å². The topological polar surface area (TPSA) is 38.8 Å². The van der Waals surface area contributed by atoms with E-state index in [4.69, 9.17) is 9.47 Å². The minimum Gasteiger partial charge on any atom is -0.494 e. The van der Waals surface area contributed by atoms with Crippen molar-refractivity contribution >= 4 is 18.4 Å². The number of piperidine rings is 1. The SMILES string of the molecule is CCOc1ccc(C(=O)OC(C)CN2CCCCC2)cc1.Cl. The molecule has 124 valence electrons. The van der Waals surface area contributed by atoms with Crippen LogP contribution in [0, 0.1) is 0 Å². The lowest BCUT2D eigenvalue weighted by molar-refractivity contribution is 0.0236. The third-order valence-corrected chi connectivity index (χ3v) is 3.67. The van der Waals surface area contributed by atoms with Gasteiger partial charge in [-0.15, -0.1) is 12.4 Å². The lowest BCUT2D eigenvalue weighted by Crippen LogP contribution is -2.37. The molecular formula is C17H26ClNO3. The molecule has 1 aromatic carbocycles. The smallest absolute Gasteiger partial charge is 0.338 e. The molecule has 4 nitrogen and oxygen atoms in total. The van der Waals surface area contributed by atoms with Crippen LogP contribution in [0.25, 0.3) is 0 Å². The molecule has 1 saturated heterocycles. The summed E-state index contributed by atoms with van der Waals surface area (Å²) in [4.78, 5) is 14.5. The molecule has 0 aliphatic carbocycles. The Kier molecular flexibility index (Phi) is 8.28. The van der Waals surface area contributed by atoms with Crippen LogP contribution in [-0.2, 0) is 4.74 Å². The van der Waals surface area contributed by atoms with Crippen LogP contribution < -0.4 is 4.74 Å². The van der Waals surface area contributed by atoms with Crippen molar-refractivity contribution in [2.75, 3.05) is 26.2 Å². The zero-order valence-corrected chi connectivity index (χ0v) is 14.2. The summed E-state index contributed by atoms with van der Waals surface area (Å²) < 4.78 is 10.9. The van der Waals surface area contributed by atoms with Crippen LogP contribution in [0.5, 0.6) is 5.75 Å². The summed E-state index contributed by atoms with van der Waals surface area (Å²) in [6.45, 7) is 7.57. The average molecular weight is 328 g/mol. The Hall–Kier alpha value is -1.26. The van der Waals surface area contributed by atoms with Crippen molar-refractivity contribution in [3.05, 3.63) is 29.8 Å². The fourth-order valence-corrected chi connectivity index (χ4v) is 2.65. The molecule has 0 saturated carbocycles. The molecule has 2 rings (SSSR count). The van der Waals surface area contributed by atoms with E-state index in [2.05, 4.69) is 4.90 Å². The molecule has 1 unspecified atom stereocenters. The van der Waals surface area contributed by atoms with Crippen LogP contribution in [0.15, 0.2) is 24.3 Å². The number of esters is 1. The molecule has 0 amide bonds. The van der Waals surface area contributed by atoms with Gasteiger partial charge in [-0.05, 0) is 64.0 Å². The number of nitrogens with zero attached hydrogens (tertiary/aromatic N) is 1. The first-order valence-corrected chi connectivity index (χ1v) is 7.85. The maximum absolute atomic E-state index is 12.1. The van der Waals surface area contributed by atoms with Gasteiger partial charge in [-0.3, -0.25) is 4.90 Å². The van der Waals surface area contributed by atoms with E-state index in [0.29, 0.717) is 12.2 Å². The molecule has 0 spiro atoms. The molecule has 0 N–H and O–H groups in total. The maximum Gasteiger partial charge on any atom is 0.338 e. The molecule has 0 bridgehead atoms. The second-order valence-electron chi connectivity index (χ2n) is 5.53. The van der Waals surface area contributed by atoms with Gasteiger partial charge in [0.15, 0.2) is 0 Å². The molecule has 1 aliphatic heterocycles. The van der Waals surface area contributed by atoms with Crippen LogP contribution >= 0.6 is 12.4 Å². The molecule has 1 aromatic rings. The van der Waals surface area contributed by atoms with E-state index >= 15 is 0 Å². The van der Waals surface area contributed by atoms with Gasteiger partial charge in [0.2, 0.25) is 0 Å². The summed E-state index contributed by atoms with van der Waals surface area (Å²) in [5.74, 6) is 0.512. The number of likely N-dealkylation sites (tertiary alicyclic amines) is 1. The Balaban J connectivity index is 0.00000242. The number of halogens is 1. The fourth-order valence-electron chi connectivity index (χ4n) is 2.65. The monoisotopic (exact) mass is 327 g/mol. The van der Waals surface area contributed by atoms with E-state index in [1.165, 1.54) is 19.3 Å². The van der Waals surface area contributed by atoms with Gasteiger partial charge in [-0.1, -0.05) is 6.42 Å². The van der Waals surface area contributed by atoms with E-state index < -0.39 is 0 Å². The van der Waals surface area contributed by atoms with Crippen molar-refractivity contribution in [3.63, 3.8) is 0 Å². The second-order valence-corrected chi connectivity index (χ2v) is 5.53. The van der Waals surface area contributed by atoms with Gasteiger partial charge in [-0.25, -0.2) is 4.79 Å². The first kappa shape index (κ1) is 18.8. The van der Waals surface area contributed by atoms with Crippen molar-refractivity contribution in [2.24, 2.45) is 0 Å². The van der Waals surface area contributed by atoms with Crippen molar-refractivity contribution in [2.45, 2.75) is 39.2 Å². The van der Waals surface area contributed by atoms with Crippen LogP contribution in [0.2, 0.25) is 0 Å². The van der Waals surface area contributed by atoms with Crippen molar-refractivity contribution in [3.8, 4) is 5.75 Å². The molecule has 5 heteroatoms. The van der Waals surface area contributed by atoms with Crippen LogP contribution in [0.4, 0.5) is 0 Å². The van der Waals surface area contributed by atoms with Crippen molar-refractivity contribution in [1.29, 1.82) is 0 Å². The van der Waals surface area contributed by atoms with E-state index in [1.54, 1.807) is 24.3 Å².